The van der Waals surface area contributed by atoms with Crippen molar-refractivity contribution in [3.05, 3.63) is 65.6 Å². The van der Waals surface area contributed by atoms with Gasteiger partial charge >= 0.3 is 6.18 Å². The van der Waals surface area contributed by atoms with Crippen LogP contribution in [0.2, 0.25) is 0 Å². The number of rotatable bonds is 3. The Kier molecular flexibility index (Phi) is 3.91. The smallest absolute Gasteiger partial charge is 0.435 e. The molecule has 0 aliphatic heterocycles. The Morgan fingerprint density at radius 2 is 1.80 bits per heavy atom. The Hall–Kier alpha value is -3.01. The molecule has 0 unspecified atom stereocenters. The fourth-order valence-electron chi connectivity index (χ4n) is 2.72. The summed E-state index contributed by atoms with van der Waals surface area (Å²) in [6.07, 6.45) is -3.24. The summed E-state index contributed by atoms with van der Waals surface area (Å²) in [6.45, 7) is 3.10. The number of fused-ring (bicyclic) bond motifs is 1. The Morgan fingerprint density at radius 1 is 1.12 bits per heavy atom. The Morgan fingerprint density at radius 3 is 2.40 bits per heavy atom. The normalized spacial score (nSPS) is 12.2. The molecule has 3 aromatic rings. The van der Waals surface area contributed by atoms with Gasteiger partial charge in [-0.15, -0.1) is 0 Å². The molecule has 2 aromatic heterocycles. The topological polar surface area (TPSA) is 50.3 Å². The SMILES string of the molecule is CC(C)(Oc1ccccc1)c1c(C(F)(F)F)nc2cc(C#N)ccn12. The van der Waals surface area contributed by atoms with Crippen LogP contribution in [0.5, 0.6) is 5.75 Å². The van der Waals surface area contributed by atoms with Crippen LogP contribution in [0.15, 0.2) is 48.7 Å². The third kappa shape index (κ3) is 3.15. The predicted octanol–water partition coefficient (Wildman–Crippen LogP) is 4.54. The second-order valence-corrected chi connectivity index (χ2v) is 5.99. The summed E-state index contributed by atoms with van der Waals surface area (Å²) >= 11 is 0. The fourth-order valence-corrected chi connectivity index (χ4v) is 2.72. The molecule has 4 nitrogen and oxygen atoms in total. The number of alkyl halides is 3. The van der Waals surface area contributed by atoms with Gasteiger partial charge in [0.2, 0.25) is 0 Å². The van der Waals surface area contributed by atoms with Gasteiger partial charge in [-0.1, -0.05) is 18.2 Å². The first-order chi connectivity index (χ1) is 11.7. The summed E-state index contributed by atoms with van der Waals surface area (Å²) < 4.78 is 47.8. The minimum Gasteiger partial charge on any atom is -0.482 e. The number of ether oxygens (including phenoxy) is 1. The maximum Gasteiger partial charge on any atom is 0.435 e. The van der Waals surface area contributed by atoms with E-state index in [1.54, 1.807) is 44.2 Å². The maximum atomic E-state index is 13.5. The lowest BCUT2D eigenvalue weighted by Gasteiger charge is -2.27. The van der Waals surface area contributed by atoms with E-state index in [-0.39, 0.29) is 16.9 Å². The molecule has 25 heavy (non-hydrogen) atoms. The van der Waals surface area contributed by atoms with Crippen LogP contribution in [0.25, 0.3) is 5.65 Å². The molecular formula is C18H14F3N3O. The number of benzene rings is 1. The van der Waals surface area contributed by atoms with Crippen LogP contribution >= 0.6 is 0 Å². The molecule has 0 N–H and O–H groups in total. The lowest BCUT2D eigenvalue weighted by Crippen LogP contribution is -2.30. The van der Waals surface area contributed by atoms with Gasteiger partial charge in [0.15, 0.2) is 5.69 Å². The van der Waals surface area contributed by atoms with Crippen LogP contribution < -0.4 is 4.74 Å². The first-order valence-corrected chi connectivity index (χ1v) is 7.46. The van der Waals surface area contributed by atoms with E-state index in [4.69, 9.17) is 10.00 Å². The van der Waals surface area contributed by atoms with Crippen LogP contribution in [0.3, 0.4) is 0 Å². The minimum absolute atomic E-state index is 0.0473. The highest BCUT2D eigenvalue weighted by Gasteiger charge is 2.43. The molecule has 0 saturated carbocycles. The van der Waals surface area contributed by atoms with Crippen LogP contribution in [-0.2, 0) is 11.8 Å². The van der Waals surface area contributed by atoms with Gasteiger partial charge in [-0.2, -0.15) is 18.4 Å². The molecule has 128 valence electrons. The number of para-hydroxylation sites is 1. The largest absolute Gasteiger partial charge is 0.482 e. The Bertz CT molecular complexity index is 953. The molecule has 3 rings (SSSR count). The van der Waals surface area contributed by atoms with Crippen molar-refractivity contribution < 1.29 is 17.9 Å². The summed E-state index contributed by atoms with van der Waals surface area (Å²) in [6, 6.07) is 13.3. The highest BCUT2D eigenvalue weighted by Crippen LogP contribution is 2.38. The number of hydrogen-bond donors (Lipinski definition) is 0. The molecule has 0 atom stereocenters. The van der Waals surface area contributed by atoms with Crippen LogP contribution in [0, 0.1) is 11.3 Å². The fraction of sp³-hybridized carbons (Fsp3) is 0.222. The molecule has 0 spiro atoms. The van der Waals surface area contributed by atoms with Gasteiger partial charge in [0.05, 0.1) is 17.3 Å². The molecular weight excluding hydrogens is 331 g/mol. The lowest BCUT2D eigenvalue weighted by molar-refractivity contribution is -0.143. The summed E-state index contributed by atoms with van der Waals surface area (Å²) in [5, 5.41) is 8.95. The van der Waals surface area contributed by atoms with Crippen molar-refractivity contribution >= 4 is 5.65 Å². The molecule has 1 aromatic carbocycles. The quantitative estimate of drug-likeness (QED) is 0.700. The third-order valence-corrected chi connectivity index (χ3v) is 3.71. The number of aromatic nitrogens is 2. The molecule has 0 fully saturated rings. The number of nitrogens with zero attached hydrogens (tertiary/aromatic N) is 3. The van der Waals surface area contributed by atoms with Gasteiger partial charge in [0.1, 0.15) is 17.0 Å². The van der Waals surface area contributed by atoms with E-state index >= 15 is 0 Å². The van der Waals surface area contributed by atoms with Crippen molar-refractivity contribution in [2.45, 2.75) is 25.6 Å². The summed E-state index contributed by atoms with van der Waals surface area (Å²) in [5.41, 5.74) is -2.17. The van der Waals surface area contributed by atoms with Crippen molar-refractivity contribution in [2.24, 2.45) is 0 Å². The molecule has 0 amide bonds. The van der Waals surface area contributed by atoms with E-state index in [2.05, 4.69) is 4.98 Å². The second-order valence-electron chi connectivity index (χ2n) is 5.99. The third-order valence-electron chi connectivity index (χ3n) is 3.71. The summed E-state index contributed by atoms with van der Waals surface area (Å²) in [7, 11) is 0. The summed E-state index contributed by atoms with van der Waals surface area (Å²) in [4.78, 5) is 3.71. The van der Waals surface area contributed by atoms with Gasteiger partial charge < -0.3 is 4.74 Å². The standard InChI is InChI=1S/C18H14F3N3O/c1-17(2,25-13-6-4-3-5-7-13)16-15(18(19,20)21)23-14-10-12(11-22)8-9-24(14)16/h3-10H,1-2H3. The van der Waals surface area contributed by atoms with Gasteiger partial charge in [0, 0.05) is 6.20 Å². The molecule has 2 heterocycles. The summed E-state index contributed by atoms with van der Waals surface area (Å²) in [5.74, 6) is 0.448. The first-order valence-electron chi connectivity index (χ1n) is 7.46. The maximum absolute atomic E-state index is 13.5. The molecule has 0 bridgehead atoms. The lowest BCUT2D eigenvalue weighted by atomic mass is 10.0. The van der Waals surface area contributed by atoms with Gasteiger partial charge in [-0.3, -0.25) is 4.40 Å². The van der Waals surface area contributed by atoms with Crippen molar-refractivity contribution in [1.82, 2.24) is 9.38 Å². The molecule has 0 radical (unpaired) electrons. The number of hydrogen-bond acceptors (Lipinski definition) is 3. The first kappa shape index (κ1) is 16.8. The van der Waals surface area contributed by atoms with Crippen LogP contribution in [0.1, 0.15) is 30.8 Å². The Labute approximate surface area is 142 Å². The molecule has 7 heteroatoms. The molecule has 0 aliphatic rings. The van der Waals surface area contributed by atoms with E-state index in [0.717, 1.165) is 0 Å². The van der Waals surface area contributed by atoms with E-state index in [0.29, 0.717) is 5.75 Å². The van der Waals surface area contributed by atoms with Crippen molar-refractivity contribution in [1.29, 1.82) is 5.26 Å². The number of nitriles is 1. The monoisotopic (exact) mass is 345 g/mol. The zero-order valence-corrected chi connectivity index (χ0v) is 13.5. The van der Waals surface area contributed by atoms with Gasteiger partial charge in [0.25, 0.3) is 0 Å². The van der Waals surface area contributed by atoms with Crippen molar-refractivity contribution in [3.8, 4) is 11.8 Å². The van der Waals surface area contributed by atoms with Crippen LogP contribution in [-0.4, -0.2) is 9.38 Å². The zero-order valence-electron chi connectivity index (χ0n) is 13.5. The van der Waals surface area contributed by atoms with E-state index in [1.165, 1.54) is 22.7 Å². The number of pyridine rings is 1. The Balaban J connectivity index is 2.20. The number of imidazole rings is 1. The van der Waals surface area contributed by atoms with E-state index in [9.17, 15) is 13.2 Å². The van der Waals surface area contributed by atoms with Crippen molar-refractivity contribution in [2.75, 3.05) is 0 Å². The molecule has 0 aliphatic carbocycles. The highest BCUT2D eigenvalue weighted by molar-refractivity contribution is 5.50. The highest BCUT2D eigenvalue weighted by atomic mass is 19.4. The average molecular weight is 345 g/mol. The zero-order chi connectivity index (χ0) is 18.2. The van der Waals surface area contributed by atoms with E-state index < -0.39 is 17.5 Å². The molecule has 0 saturated heterocycles. The minimum atomic E-state index is -4.65. The van der Waals surface area contributed by atoms with E-state index in [1.807, 2.05) is 6.07 Å². The second kappa shape index (κ2) is 5.81. The van der Waals surface area contributed by atoms with Gasteiger partial charge in [-0.25, -0.2) is 4.98 Å². The van der Waals surface area contributed by atoms with Crippen molar-refractivity contribution in [3.63, 3.8) is 0 Å². The number of halogens is 3. The average Bonchev–Trinajstić information content (AvgIpc) is 2.95. The predicted molar refractivity (Wildman–Crippen MR) is 85.0 cm³/mol. The van der Waals surface area contributed by atoms with Crippen LogP contribution in [0.4, 0.5) is 13.2 Å². The van der Waals surface area contributed by atoms with Gasteiger partial charge in [-0.05, 0) is 38.1 Å².